The molecule has 0 radical (unpaired) electrons. The Bertz CT molecular complexity index is 949. The Morgan fingerprint density at radius 2 is 2.25 bits per heavy atom. The van der Waals surface area contributed by atoms with E-state index in [4.69, 9.17) is 0 Å². The fraction of sp³-hybridized carbons (Fsp3) is 0.476. The number of aromatic amines is 1. The lowest BCUT2D eigenvalue weighted by Crippen LogP contribution is -2.50. The van der Waals surface area contributed by atoms with Crippen LogP contribution in [-0.2, 0) is 11.2 Å². The van der Waals surface area contributed by atoms with Crippen molar-refractivity contribution in [2.45, 2.75) is 57.2 Å². The van der Waals surface area contributed by atoms with Gasteiger partial charge >= 0.3 is 0 Å². The van der Waals surface area contributed by atoms with Gasteiger partial charge in [0.05, 0.1) is 35.5 Å². The van der Waals surface area contributed by atoms with Gasteiger partial charge in [-0.25, -0.2) is 9.97 Å². The lowest BCUT2D eigenvalue weighted by atomic mass is 9.87. The largest absolute Gasteiger partial charge is 0.389 e. The van der Waals surface area contributed by atoms with Crippen LogP contribution in [-0.4, -0.2) is 54.6 Å². The Morgan fingerprint density at radius 3 is 3.04 bits per heavy atom. The summed E-state index contributed by atoms with van der Waals surface area (Å²) in [6, 6.07) is 5.89. The molecule has 0 unspecified atom stereocenters. The number of fused-ring (bicyclic) bond motifs is 1. The predicted molar refractivity (Wildman–Crippen MR) is 107 cm³/mol. The average Bonchev–Trinajstić information content (AvgIpc) is 3.34. The van der Waals surface area contributed by atoms with Crippen LogP contribution in [0.4, 0.5) is 0 Å². The van der Waals surface area contributed by atoms with Gasteiger partial charge in [-0.1, -0.05) is 6.07 Å². The Kier molecular flexibility index (Phi) is 5.17. The molecule has 7 nitrogen and oxygen atoms in total. The van der Waals surface area contributed by atoms with Crippen molar-refractivity contribution in [3.8, 4) is 0 Å². The SMILES string of the molecule is Cc1nc2ccc(CCC(=O)N(C)[C@@H]3CCC[C@@H](n4ccnc4)[C@@H]3O)cc2[nH]1. The number of aryl methyl sites for hydroxylation is 2. The Hall–Kier alpha value is -2.67. The minimum absolute atomic E-state index is 0.0254. The molecule has 1 fully saturated rings. The highest BCUT2D eigenvalue weighted by molar-refractivity contribution is 5.78. The molecule has 0 saturated heterocycles. The molecule has 4 rings (SSSR count). The molecular weight excluding hydrogens is 354 g/mol. The summed E-state index contributed by atoms with van der Waals surface area (Å²) < 4.78 is 1.96. The lowest BCUT2D eigenvalue weighted by Gasteiger charge is -2.40. The first-order chi connectivity index (χ1) is 13.5. The monoisotopic (exact) mass is 381 g/mol. The highest BCUT2D eigenvalue weighted by Crippen LogP contribution is 2.31. The molecule has 3 atom stereocenters. The van der Waals surface area contributed by atoms with Crippen LogP contribution in [0.15, 0.2) is 36.9 Å². The van der Waals surface area contributed by atoms with E-state index in [1.54, 1.807) is 17.4 Å². The van der Waals surface area contributed by atoms with Gasteiger partial charge in [-0.05, 0) is 50.3 Å². The van der Waals surface area contributed by atoms with Crippen LogP contribution in [0.3, 0.4) is 0 Å². The molecule has 0 bridgehead atoms. The molecule has 1 amide bonds. The molecule has 0 aliphatic heterocycles. The van der Waals surface area contributed by atoms with E-state index in [1.165, 1.54) is 0 Å². The minimum Gasteiger partial charge on any atom is -0.389 e. The fourth-order valence-corrected chi connectivity index (χ4v) is 4.30. The molecule has 148 valence electrons. The number of carbonyl (C=O) groups is 1. The van der Waals surface area contributed by atoms with Crippen molar-refractivity contribution in [1.29, 1.82) is 0 Å². The van der Waals surface area contributed by atoms with Crippen LogP contribution in [0.1, 0.15) is 43.1 Å². The first-order valence-corrected chi connectivity index (χ1v) is 9.89. The van der Waals surface area contributed by atoms with Gasteiger partial charge in [-0.2, -0.15) is 0 Å². The smallest absolute Gasteiger partial charge is 0.222 e. The van der Waals surface area contributed by atoms with Crippen LogP contribution in [0.5, 0.6) is 0 Å². The normalized spacial score (nSPS) is 22.5. The topological polar surface area (TPSA) is 87.0 Å². The van der Waals surface area contributed by atoms with Gasteiger partial charge in [-0.3, -0.25) is 4.79 Å². The van der Waals surface area contributed by atoms with E-state index >= 15 is 0 Å². The maximum Gasteiger partial charge on any atom is 0.222 e. The molecule has 2 N–H and O–H groups in total. The third kappa shape index (κ3) is 3.67. The third-order valence-electron chi connectivity index (χ3n) is 5.88. The summed E-state index contributed by atoms with van der Waals surface area (Å²) >= 11 is 0. The number of nitrogens with zero attached hydrogens (tertiary/aromatic N) is 4. The number of hydrogen-bond donors (Lipinski definition) is 2. The van der Waals surface area contributed by atoms with Gasteiger partial charge in [0.25, 0.3) is 0 Å². The number of carbonyl (C=O) groups excluding carboxylic acids is 1. The fourth-order valence-electron chi connectivity index (χ4n) is 4.30. The van der Waals surface area contributed by atoms with Crippen LogP contribution in [0.25, 0.3) is 11.0 Å². The van der Waals surface area contributed by atoms with Crippen molar-refractivity contribution in [2.24, 2.45) is 0 Å². The van der Waals surface area contributed by atoms with Crippen molar-refractivity contribution >= 4 is 16.9 Å². The van der Waals surface area contributed by atoms with Crippen LogP contribution in [0.2, 0.25) is 0 Å². The van der Waals surface area contributed by atoms with Crippen LogP contribution in [0, 0.1) is 6.92 Å². The molecule has 2 aromatic heterocycles. The van der Waals surface area contributed by atoms with Crippen molar-refractivity contribution in [3.63, 3.8) is 0 Å². The molecule has 1 aromatic carbocycles. The van der Waals surface area contributed by atoms with E-state index in [-0.39, 0.29) is 18.0 Å². The molecule has 3 aromatic rings. The van der Waals surface area contributed by atoms with E-state index < -0.39 is 6.10 Å². The first-order valence-electron chi connectivity index (χ1n) is 9.89. The summed E-state index contributed by atoms with van der Waals surface area (Å²) in [5, 5.41) is 10.9. The Morgan fingerprint density at radius 1 is 1.39 bits per heavy atom. The summed E-state index contributed by atoms with van der Waals surface area (Å²) in [5.74, 6) is 0.956. The molecular formula is C21H27N5O2. The Balaban J connectivity index is 1.39. The number of likely N-dealkylation sites (N-methyl/N-ethyl adjacent to an activating group) is 1. The van der Waals surface area contributed by atoms with E-state index in [1.807, 2.05) is 36.9 Å². The second kappa shape index (κ2) is 7.75. The molecule has 1 aliphatic rings. The molecule has 1 aliphatic carbocycles. The predicted octanol–water partition coefficient (Wildman–Crippen LogP) is 2.61. The van der Waals surface area contributed by atoms with Crippen LogP contribution < -0.4 is 0 Å². The van der Waals surface area contributed by atoms with Gasteiger partial charge in [-0.15, -0.1) is 0 Å². The number of rotatable bonds is 5. The van der Waals surface area contributed by atoms with Gasteiger partial charge < -0.3 is 19.6 Å². The second-order valence-electron chi connectivity index (χ2n) is 7.74. The maximum atomic E-state index is 12.8. The van der Waals surface area contributed by atoms with E-state index in [0.29, 0.717) is 12.8 Å². The third-order valence-corrected chi connectivity index (χ3v) is 5.88. The van der Waals surface area contributed by atoms with Gasteiger partial charge in [0, 0.05) is 25.9 Å². The quantitative estimate of drug-likeness (QED) is 0.711. The summed E-state index contributed by atoms with van der Waals surface area (Å²) in [7, 11) is 1.81. The number of benzene rings is 1. The summed E-state index contributed by atoms with van der Waals surface area (Å²) in [6.07, 6.45) is 8.58. The number of H-pyrrole nitrogens is 1. The van der Waals surface area contributed by atoms with Crippen molar-refractivity contribution < 1.29 is 9.90 Å². The number of hydrogen-bond acceptors (Lipinski definition) is 4. The molecule has 2 heterocycles. The second-order valence-corrected chi connectivity index (χ2v) is 7.74. The van der Waals surface area contributed by atoms with Crippen LogP contribution >= 0.6 is 0 Å². The summed E-state index contributed by atoms with van der Waals surface area (Å²) in [6.45, 7) is 1.94. The van der Waals surface area contributed by atoms with Gasteiger partial charge in [0.2, 0.25) is 5.91 Å². The first kappa shape index (κ1) is 18.7. The Labute approximate surface area is 164 Å². The van der Waals surface area contributed by atoms with E-state index in [9.17, 15) is 9.90 Å². The molecule has 1 saturated carbocycles. The zero-order chi connectivity index (χ0) is 19.7. The average molecular weight is 381 g/mol. The van der Waals surface area contributed by atoms with E-state index in [2.05, 4.69) is 21.0 Å². The number of amides is 1. The summed E-state index contributed by atoms with van der Waals surface area (Å²) in [5.41, 5.74) is 3.06. The number of nitrogens with one attached hydrogen (secondary N) is 1. The van der Waals surface area contributed by atoms with Crippen molar-refractivity contribution in [1.82, 2.24) is 24.4 Å². The van der Waals surface area contributed by atoms with Gasteiger partial charge in [0.1, 0.15) is 5.82 Å². The zero-order valence-electron chi connectivity index (χ0n) is 16.4. The zero-order valence-corrected chi connectivity index (χ0v) is 16.4. The number of aliphatic hydroxyl groups is 1. The maximum absolute atomic E-state index is 12.8. The molecule has 7 heteroatoms. The molecule has 0 spiro atoms. The van der Waals surface area contributed by atoms with Crippen molar-refractivity contribution in [3.05, 3.63) is 48.3 Å². The lowest BCUT2D eigenvalue weighted by molar-refractivity contribution is -0.136. The standard InChI is InChI=1S/C21H27N5O2/c1-14-23-16-8-6-15(12-17(16)24-14)7-9-20(27)25(2)18-4-3-5-19(21(18)28)26-11-10-22-13-26/h6,8,10-13,18-19,21,28H,3-5,7,9H2,1-2H3,(H,23,24)/t18-,19-,21-/m1/s1. The van der Waals surface area contributed by atoms with Gasteiger partial charge in [0.15, 0.2) is 0 Å². The minimum atomic E-state index is -0.582. The highest BCUT2D eigenvalue weighted by Gasteiger charge is 2.36. The molecule has 28 heavy (non-hydrogen) atoms. The van der Waals surface area contributed by atoms with E-state index in [0.717, 1.165) is 41.7 Å². The van der Waals surface area contributed by atoms with Crippen molar-refractivity contribution in [2.75, 3.05) is 7.05 Å². The highest BCUT2D eigenvalue weighted by atomic mass is 16.3. The number of aliphatic hydroxyl groups excluding tert-OH is 1. The number of imidazole rings is 2. The summed E-state index contributed by atoms with van der Waals surface area (Å²) in [4.78, 5) is 26.3. The number of aromatic nitrogens is 4.